The fourth-order valence-corrected chi connectivity index (χ4v) is 0. The second-order valence-corrected chi connectivity index (χ2v) is 0. The SMILES string of the molecule is [Hf].[Ni].[Ta].[W]. The van der Waals surface area contributed by atoms with Gasteiger partial charge in [-0.25, -0.2) is 0 Å². The number of hydrogen-bond acceptors (Lipinski definition) is 0. The summed E-state index contributed by atoms with van der Waals surface area (Å²) in [6, 6.07) is 0. The van der Waals surface area contributed by atoms with E-state index in [1.165, 1.54) is 0 Å². The molecule has 0 atom stereocenters. The van der Waals surface area contributed by atoms with Crippen LogP contribution in [0.15, 0.2) is 0 Å². The monoisotopic (exact) mass is 603 g/mol. The van der Waals surface area contributed by atoms with E-state index >= 15 is 0 Å². The van der Waals surface area contributed by atoms with Crippen LogP contribution in [0.1, 0.15) is 0 Å². The molecule has 0 fully saturated rings. The van der Waals surface area contributed by atoms with Crippen LogP contribution >= 0.6 is 0 Å². The molecule has 0 heterocycles. The summed E-state index contributed by atoms with van der Waals surface area (Å²) >= 11 is 0. The summed E-state index contributed by atoms with van der Waals surface area (Å²) < 4.78 is 0. The molecule has 0 spiro atoms. The van der Waals surface area contributed by atoms with Crippen molar-refractivity contribution in [1.29, 1.82) is 0 Å². The van der Waals surface area contributed by atoms with E-state index < -0.39 is 0 Å². The molecule has 1 radical (unpaired) electrons. The molecule has 0 aliphatic rings. The van der Waals surface area contributed by atoms with Gasteiger partial charge in [-0.3, -0.25) is 0 Å². The predicted octanol–water partition coefficient (Wildman–Crippen LogP) is -0.0100. The molecule has 0 aliphatic heterocycles. The molecule has 0 unspecified atom stereocenters. The van der Waals surface area contributed by atoms with Gasteiger partial charge in [-0.15, -0.1) is 0 Å². The molecule has 0 aliphatic carbocycles. The Morgan fingerprint density at radius 3 is 1.00 bits per heavy atom. The van der Waals surface area contributed by atoms with Crippen LogP contribution in [0.25, 0.3) is 0 Å². The molecular formula is HfNiTaW. The Morgan fingerprint density at radius 1 is 1.00 bits per heavy atom. The van der Waals surface area contributed by atoms with Gasteiger partial charge in [0.25, 0.3) is 0 Å². The Bertz CT molecular complexity index is 8.00. The van der Waals surface area contributed by atoms with Crippen LogP contribution in [-0.2, 0) is 85.8 Å². The van der Waals surface area contributed by atoms with Crippen molar-refractivity contribution in [3.63, 3.8) is 0 Å². The third kappa shape index (κ3) is 8.84. The van der Waals surface area contributed by atoms with Gasteiger partial charge in [-0.2, -0.15) is 0 Å². The van der Waals surface area contributed by atoms with Gasteiger partial charge >= 0.3 is 0 Å². The van der Waals surface area contributed by atoms with E-state index in [9.17, 15) is 0 Å². The standard InChI is InChI=1S/Hf.Ni.Ta.W. The van der Waals surface area contributed by atoms with Crippen molar-refractivity contribution in [3.8, 4) is 0 Å². The van der Waals surface area contributed by atoms with Gasteiger partial charge in [0.2, 0.25) is 0 Å². The molecular weight excluding hydrogens is 602 g/mol. The van der Waals surface area contributed by atoms with Crippen LogP contribution in [0.5, 0.6) is 0 Å². The molecule has 0 amide bonds. The largest absolute Gasteiger partial charge is 0 e. The average molecular weight is 602 g/mol. The van der Waals surface area contributed by atoms with Crippen LogP contribution in [0, 0.1) is 0 Å². The Hall–Kier alpha value is 2.79. The van der Waals surface area contributed by atoms with Crippen LogP contribution in [0.4, 0.5) is 0 Å². The zero-order chi connectivity index (χ0) is 0. The Labute approximate surface area is 84.3 Å². The molecule has 4 heavy (non-hydrogen) atoms. The van der Waals surface area contributed by atoms with E-state index in [0.717, 1.165) is 0 Å². The molecule has 0 bridgehead atoms. The van der Waals surface area contributed by atoms with Gasteiger partial charge in [0, 0.05) is 85.8 Å². The maximum absolute atomic E-state index is 0. The Balaban J connectivity index is 0. The molecule has 0 aromatic carbocycles. The predicted molar refractivity (Wildman–Crippen MR) is 0 cm³/mol. The average Bonchev–Trinajstić information content (AvgIpc) is 0. The van der Waals surface area contributed by atoms with E-state index in [4.69, 9.17) is 0 Å². The van der Waals surface area contributed by atoms with Crippen molar-refractivity contribution in [2.45, 2.75) is 0 Å². The van der Waals surface area contributed by atoms with Gasteiger partial charge in [-0.1, -0.05) is 0 Å². The molecule has 4 heteroatoms. The maximum Gasteiger partial charge on any atom is 0 e. The first-order valence-corrected chi connectivity index (χ1v) is 0. The summed E-state index contributed by atoms with van der Waals surface area (Å²) in [5.74, 6) is 0. The topological polar surface area (TPSA) is 0 Å². The minimum atomic E-state index is 0. The summed E-state index contributed by atoms with van der Waals surface area (Å²) in [6.45, 7) is 0. The second kappa shape index (κ2) is 17.1. The first-order chi connectivity index (χ1) is 0. The van der Waals surface area contributed by atoms with E-state index in [0.29, 0.717) is 0 Å². The minimum absolute atomic E-state index is 0. The van der Waals surface area contributed by atoms with Crippen LogP contribution in [0.2, 0.25) is 0 Å². The molecule has 0 rings (SSSR count). The third-order valence-corrected chi connectivity index (χ3v) is 0. The smallest absolute Gasteiger partial charge is 0 e. The van der Waals surface area contributed by atoms with Crippen LogP contribution in [-0.4, -0.2) is 0 Å². The molecule has 0 saturated heterocycles. The van der Waals surface area contributed by atoms with Crippen molar-refractivity contribution in [1.82, 2.24) is 0 Å². The fourth-order valence-electron chi connectivity index (χ4n) is 0. The number of hydrogen-bond donors (Lipinski definition) is 0. The van der Waals surface area contributed by atoms with Gasteiger partial charge in [-0.05, 0) is 0 Å². The fraction of sp³-hybridized carbons (Fsp3) is 0. The maximum atomic E-state index is 0. The van der Waals surface area contributed by atoms with Crippen molar-refractivity contribution in [3.05, 3.63) is 0 Å². The molecule has 0 N–H and O–H groups in total. The normalized spacial score (nSPS) is 0. The Kier molecular flexibility index (Phi) is 125. The van der Waals surface area contributed by atoms with E-state index in [1.807, 2.05) is 0 Å². The first-order valence-electron chi connectivity index (χ1n) is 0. The Morgan fingerprint density at radius 2 is 1.00 bits per heavy atom. The third-order valence-electron chi connectivity index (χ3n) is 0. The minimum Gasteiger partial charge on any atom is 0 e. The van der Waals surface area contributed by atoms with Crippen LogP contribution < -0.4 is 0 Å². The zero-order valence-electron chi connectivity index (χ0n) is 1.67. The molecule has 0 saturated carbocycles. The molecule has 0 nitrogen and oxygen atoms in total. The molecule has 0 aromatic heterocycles. The van der Waals surface area contributed by atoms with Crippen molar-refractivity contribution >= 4 is 0 Å². The second-order valence-electron chi connectivity index (χ2n) is 0. The van der Waals surface area contributed by atoms with Gasteiger partial charge in [0.05, 0.1) is 0 Å². The van der Waals surface area contributed by atoms with E-state index in [1.54, 1.807) is 0 Å². The summed E-state index contributed by atoms with van der Waals surface area (Å²) in [6.07, 6.45) is 0. The van der Waals surface area contributed by atoms with Gasteiger partial charge in [0.1, 0.15) is 0 Å². The summed E-state index contributed by atoms with van der Waals surface area (Å²) in [5, 5.41) is 0. The number of rotatable bonds is 0. The summed E-state index contributed by atoms with van der Waals surface area (Å²) in [7, 11) is 0. The van der Waals surface area contributed by atoms with Gasteiger partial charge in [0.15, 0.2) is 0 Å². The van der Waals surface area contributed by atoms with Crippen molar-refractivity contribution in [2.24, 2.45) is 0 Å². The summed E-state index contributed by atoms with van der Waals surface area (Å²) in [5.41, 5.74) is 0. The molecule has 25 valence electrons. The van der Waals surface area contributed by atoms with Gasteiger partial charge < -0.3 is 0 Å². The van der Waals surface area contributed by atoms with Crippen LogP contribution in [0.3, 0.4) is 0 Å². The quantitative estimate of drug-likeness (QED) is 0.343. The van der Waals surface area contributed by atoms with Crippen molar-refractivity contribution in [2.75, 3.05) is 0 Å². The van der Waals surface area contributed by atoms with E-state index in [-0.39, 0.29) is 85.8 Å². The first kappa shape index (κ1) is 29.2. The van der Waals surface area contributed by atoms with Crippen molar-refractivity contribution < 1.29 is 85.8 Å². The summed E-state index contributed by atoms with van der Waals surface area (Å²) in [4.78, 5) is 0. The molecule has 0 aromatic rings. The zero-order valence-corrected chi connectivity index (χ0v) is 12.4. The van der Waals surface area contributed by atoms with E-state index in [2.05, 4.69) is 0 Å².